The minimum atomic E-state index is -3.88. The first kappa shape index (κ1) is 15.9. The molecule has 4 nitrogen and oxygen atoms in total. The topological polar surface area (TPSA) is 63.4 Å². The molecule has 0 bridgehead atoms. The van der Waals surface area contributed by atoms with E-state index in [9.17, 15) is 8.42 Å². The van der Waals surface area contributed by atoms with Gasteiger partial charge in [-0.15, -0.1) is 0 Å². The number of hydrogen-bond acceptors (Lipinski definition) is 3. The first-order valence-electron chi connectivity index (χ1n) is 6.04. The highest BCUT2D eigenvalue weighted by Crippen LogP contribution is 2.35. The Hall–Kier alpha value is -1.43. The van der Waals surface area contributed by atoms with Gasteiger partial charge in [0.1, 0.15) is 4.90 Å². The molecule has 0 aliphatic rings. The van der Waals surface area contributed by atoms with Crippen LogP contribution in [0.4, 0.5) is 11.4 Å². The van der Waals surface area contributed by atoms with Crippen molar-refractivity contribution >= 4 is 44.6 Å². The summed E-state index contributed by atoms with van der Waals surface area (Å²) in [6.45, 7) is 1.83. The molecule has 2 aromatic carbocycles. The number of nitrogen functional groups attached to an aromatic ring is 1. The maximum absolute atomic E-state index is 12.8. The monoisotopic (exact) mass is 344 g/mol. The summed E-state index contributed by atoms with van der Waals surface area (Å²) in [5, 5.41) is 0.000804. The fraction of sp³-hybridized carbons (Fsp3) is 0.143. The lowest BCUT2D eigenvalue weighted by Gasteiger charge is -2.22. The van der Waals surface area contributed by atoms with Crippen molar-refractivity contribution in [1.29, 1.82) is 0 Å². The van der Waals surface area contributed by atoms with Crippen molar-refractivity contribution in [2.45, 2.75) is 11.8 Å². The van der Waals surface area contributed by atoms with Crippen LogP contribution >= 0.6 is 23.2 Å². The van der Waals surface area contributed by atoms with Crippen molar-refractivity contribution in [2.24, 2.45) is 0 Å². The summed E-state index contributed by atoms with van der Waals surface area (Å²) in [5.41, 5.74) is 7.30. The minimum absolute atomic E-state index is 0.000402. The highest BCUT2D eigenvalue weighted by atomic mass is 35.5. The van der Waals surface area contributed by atoms with Crippen molar-refractivity contribution in [3.8, 4) is 0 Å². The summed E-state index contributed by atoms with van der Waals surface area (Å²) in [4.78, 5) is -0.147. The van der Waals surface area contributed by atoms with Crippen LogP contribution in [0.5, 0.6) is 0 Å². The summed E-state index contributed by atoms with van der Waals surface area (Å²) >= 11 is 12.0. The number of sulfonamides is 1. The van der Waals surface area contributed by atoms with E-state index in [1.165, 1.54) is 19.2 Å². The third kappa shape index (κ3) is 2.95. The van der Waals surface area contributed by atoms with Crippen LogP contribution in [0.1, 0.15) is 5.56 Å². The Kier molecular flexibility index (Phi) is 4.37. The molecule has 0 heterocycles. The number of aryl methyl sites for hydroxylation is 1. The molecule has 0 aromatic heterocycles. The van der Waals surface area contributed by atoms with Crippen LogP contribution in [0, 0.1) is 6.92 Å². The Morgan fingerprint density at radius 1 is 1.10 bits per heavy atom. The van der Waals surface area contributed by atoms with E-state index in [0.29, 0.717) is 11.4 Å². The van der Waals surface area contributed by atoms with Gasteiger partial charge in [-0.25, -0.2) is 8.42 Å². The Balaban J connectivity index is 2.61. The summed E-state index contributed by atoms with van der Waals surface area (Å²) in [5.74, 6) is 0. The van der Waals surface area contributed by atoms with Crippen LogP contribution in [0.25, 0.3) is 0 Å². The molecule has 0 aliphatic heterocycles. The maximum atomic E-state index is 12.8. The molecule has 7 heteroatoms. The fourth-order valence-corrected chi connectivity index (χ4v) is 4.45. The SMILES string of the molecule is Cc1ccccc1N(C)S(=O)(=O)c1c(Cl)cc(N)cc1Cl. The number of para-hydroxylation sites is 1. The second kappa shape index (κ2) is 5.75. The molecule has 0 amide bonds. The molecule has 0 fully saturated rings. The third-order valence-electron chi connectivity index (χ3n) is 3.09. The molecule has 0 saturated heterocycles. The molecule has 0 saturated carbocycles. The molecule has 2 aromatic rings. The lowest BCUT2D eigenvalue weighted by atomic mass is 10.2. The van der Waals surface area contributed by atoms with E-state index in [1.54, 1.807) is 12.1 Å². The van der Waals surface area contributed by atoms with Gasteiger partial charge in [0, 0.05) is 12.7 Å². The van der Waals surface area contributed by atoms with E-state index >= 15 is 0 Å². The maximum Gasteiger partial charge on any atom is 0.267 e. The Morgan fingerprint density at radius 3 is 2.14 bits per heavy atom. The van der Waals surface area contributed by atoms with E-state index in [1.807, 2.05) is 19.1 Å². The lowest BCUT2D eigenvalue weighted by molar-refractivity contribution is 0.594. The number of anilines is 2. The standard InChI is InChI=1S/C14H14Cl2N2O2S/c1-9-5-3-4-6-13(9)18(2)21(19,20)14-11(15)7-10(17)8-12(14)16/h3-8H,17H2,1-2H3. The second-order valence-corrected chi connectivity index (χ2v) is 7.29. The van der Waals surface area contributed by atoms with Gasteiger partial charge in [-0.05, 0) is 30.7 Å². The third-order valence-corrected chi connectivity index (χ3v) is 5.79. The van der Waals surface area contributed by atoms with E-state index in [-0.39, 0.29) is 14.9 Å². The molecule has 112 valence electrons. The molecule has 2 N–H and O–H groups in total. The molecule has 0 radical (unpaired) electrons. The van der Waals surface area contributed by atoms with Gasteiger partial charge in [0.2, 0.25) is 0 Å². The number of benzene rings is 2. The highest BCUT2D eigenvalue weighted by Gasteiger charge is 2.28. The number of halogens is 2. The fourth-order valence-electron chi connectivity index (χ4n) is 2.01. The Labute approximate surface area is 134 Å². The van der Waals surface area contributed by atoms with Gasteiger partial charge in [0.15, 0.2) is 0 Å². The van der Waals surface area contributed by atoms with Gasteiger partial charge in [-0.2, -0.15) is 0 Å². The number of nitrogens with two attached hydrogens (primary N) is 1. The van der Waals surface area contributed by atoms with Gasteiger partial charge in [0.05, 0.1) is 15.7 Å². The average molecular weight is 345 g/mol. The highest BCUT2D eigenvalue weighted by molar-refractivity contribution is 7.93. The van der Waals surface area contributed by atoms with E-state index < -0.39 is 10.0 Å². The zero-order valence-corrected chi connectivity index (χ0v) is 13.8. The van der Waals surface area contributed by atoms with E-state index in [2.05, 4.69) is 0 Å². The normalized spacial score (nSPS) is 11.4. The summed E-state index contributed by atoms with van der Waals surface area (Å²) in [6, 6.07) is 9.88. The minimum Gasteiger partial charge on any atom is -0.399 e. The van der Waals surface area contributed by atoms with E-state index in [0.717, 1.165) is 9.87 Å². The average Bonchev–Trinajstić information content (AvgIpc) is 2.36. The van der Waals surface area contributed by atoms with Crippen molar-refractivity contribution in [2.75, 3.05) is 17.1 Å². The molecule has 0 atom stereocenters. The second-order valence-electron chi connectivity index (χ2n) is 4.57. The van der Waals surface area contributed by atoms with Crippen molar-refractivity contribution < 1.29 is 8.42 Å². The van der Waals surface area contributed by atoms with Gasteiger partial charge in [-0.1, -0.05) is 41.4 Å². The van der Waals surface area contributed by atoms with E-state index in [4.69, 9.17) is 28.9 Å². The molecule has 0 spiro atoms. The summed E-state index contributed by atoms with van der Waals surface area (Å²) in [6.07, 6.45) is 0. The zero-order valence-electron chi connectivity index (χ0n) is 11.5. The van der Waals surface area contributed by atoms with Gasteiger partial charge in [0.25, 0.3) is 10.0 Å². The molecule has 0 unspecified atom stereocenters. The molecule has 21 heavy (non-hydrogen) atoms. The van der Waals surface area contributed by atoms with Gasteiger partial charge < -0.3 is 5.73 Å². The quantitative estimate of drug-likeness (QED) is 0.863. The van der Waals surface area contributed by atoms with Gasteiger partial charge >= 0.3 is 0 Å². The molecular weight excluding hydrogens is 331 g/mol. The van der Waals surface area contributed by atoms with Crippen LogP contribution in [0.15, 0.2) is 41.3 Å². The molecular formula is C14H14Cl2N2O2S. The first-order valence-corrected chi connectivity index (χ1v) is 8.24. The van der Waals surface area contributed by atoms with Crippen molar-refractivity contribution in [3.05, 3.63) is 52.0 Å². The van der Waals surface area contributed by atoms with Crippen molar-refractivity contribution in [3.63, 3.8) is 0 Å². The number of hydrogen-bond donors (Lipinski definition) is 1. The predicted octanol–water partition coefficient (Wildman–Crippen LogP) is 3.71. The largest absolute Gasteiger partial charge is 0.399 e. The summed E-state index contributed by atoms with van der Waals surface area (Å²) in [7, 11) is -2.42. The van der Waals surface area contributed by atoms with Crippen molar-refractivity contribution in [1.82, 2.24) is 0 Å². The van der Waals surface area contributed by atoms with Gasteiger partial charge in [-0.3, -0.25) is 4.31 Å². The molecule has 0 aliphatic carbocycles. The Bertz CT molecular complexity index is 768. The summed E-state index contributed by atoms with van der Waals surface area (Å²) < 4.78 is 26.7. The Morgan fingerprint density at radius 2 is 1.62 bits per heavy atom. The molecule has 2 rings (SSSR count). The number of rotatable bonds is 3. The number of nitrogens with zero attached hydrogens (tertiary/aromatic N) is 1. The lowest BCUT2D eigenvalue weighted by Crippen LogP contribution is -2.27. The van der Waals surface area contributed by atoms with Crippen LogP contribution in [-0.2, 0) is 10.0 Å². The van der Waals surface area contributed by atoms with Crippen LogP contribution in [0.2, 0.25) is 10.0 Å². The first-order chi connectivity index (χ1) is 9.75. The zero-order chi connectivity index (χ0) is 15.8. The van der Waals surface area contributed by atoms with Crippen LogP contribution in [0.3, 0.4) is 0 Å². The smallest absolute Gasteiger partial charge is 0.267 e. The van der Waals surface area contributed by atoms with Crippen LogP contribution in [-0.4, -0.2) is 15.5 Å². The van der Waals surface area contributed by atoms with Crippen LogP contribution < -0.4 is 10.0 Å². The predicted molar refractivity (Wildman–Crippen MR) is 87.6 cm³/mol.